The van der Waals surface area contributed by atoms with Crippen LogP contribution in [0, 0.1) is 13.8 Å². The Morgan fingerprint density at radius 1 is 1.16 bits per heavy atom. The van der Waals surface area contributed by atoms with E-state index in [0.717, 1.165) is 27.4 Å². The minimum absolute atomic E-state index is 0.398. The molecule has 0 aliphatic heterocycles. The smallest absolute Gasteiger partial charge is 0.218 e. The molecule has 4 heteroatoms. The second kappa shape index (κ2) is 6.27. The minimum Gasteiger partial charge on any atom is -0.473 e. The number of hydrogen-bond donors (Lipinski definition) is 0. The Bertz CT molecular complexity index is 567. The van der Waals surface area contributed by atoms with Crippen LogP contribution < -0.4 is 4.74 Å². The Labute approximate surface area is 123 Å². The first kappa shape index (κ1) is 14.2. The van der Waals surface area contributed by atoms with Crippen molar-refractivity contribution in [3.63, 3.8) is 0 Å². The number of aromatic nitrogens is 1. The van der Waals surface area contributed by atoms with E-state index in [1.807, 2.05) is 44.2 Å². The zero-order valence-electron chi connectivity index (χ0n) is 10.9. The fourth-order valence-electron chi connectivity index (χ4n) is 1.84. The highest BCUT2D eigenvalue weighted by molar-refractivity contribution is 6.30. The lowest BCUT2D eigenvalue weighted by atomic mass is 10.1. The van der Waals surface area contributed by atoms with Crippen molar-refractivity contribution in [2.24, 2.45) is 0 Å². The Morgan fingerprint density at radius 2 is 1.84 bits per heavy atom. The van der Waals surface area contributed by atoms with E-state index in [1.165, 1.54) is 0 Å². The average molecular weight is 296 g/mol. The van der Waals surface area contributed by atoms with Gasteiger partial charge in [-0.2, -0.15) is 0 Å². The molecule has 2 aromatic rings. The van der Waals surface area contributed by atoms with Gasteiger partial charge in [-0.3, -0.25) is 0 Å². The van der Waals surface area contributed by atoms with Gasteiger partial charge in [0.05, 0.1) is 5.88 Å². The molecule has 2 rings (SSSR count). The van der Waals surface area contributed by atoms with Crippen molar-refractivity contribution in [2.75, 3.05) is 0 Å². The van der Waals surface area contributed by atoms with E-state index in [4.69, 9.17) is 27.9 Å². The standard InChI is InChI=1S/C15H15Cl2NO/c1-10-7-11(2)18-15(14(10)8-16)19-9-12-3-5-13(17)6-4-12/h3-7H,8-9H2,1-2H3. The van der Waals surface area contributed by atoms with E-state index in [2.05, 4.69) is 4.98 Å². The van der Waals surface area contributed by atoms with Crippen LogP contribution >= 0.6 is 23.2 Å². The van der Waals surface area contributed by atoms with Crippen LogP contribution in [0.2, 0.25) is 5.02 Å². The quantitative estimate of drug-likeness (QED) is 0.765. The van der Waals surface area contributed by atoms with E-state index in [9.17, 15) is 0 Å². The number of nitrogens with zero attached hydrogens (tertiary/aromatic N) is 1. The molecule has 1 heterocycles. The van der Waals surface area contributed by atoms with Crippen LogP contribution in [0.5, 0.6) is 5.88 Å². The highest BCUT2D eigenvalue weighted by Gasteiger charge is 2.09. The van der Waals surface area contributed by atoms with Gasteiger partial charge in [0.25, 0.3) is 0 Å². The molecular weight excluding hydrogens is 281 g/mol. The van der Waals surface area contributed by atoms with Gasteiger partial charge in [0.15, 0.2) is 0 Å². The van der Waals surface area contributed by atoms with Crippen molar-refractivity contribution in [1.29, 1.82) is 0 Å². The van der Waals surface area contributed by atoms with Crippen LogP contribution in [0.4, 0.5) is 0 Å². The number of hydrogen-bond acceptors (Lipinski definition) is 2. The highest BCUT2D eigenvalue weighted by atomic mass is 35.5. The first-order valence-electron chi connectivity index (χ1n) is 6.00. The summed E-state index contributed by atoms with van der Waals surface area (Å²) in [5.41, 5.74) is 4.03. The predicted molar refractivity (Wildman–Crippen MR) is 79.1 cm³/mol. The molecule has 1 aromatic carbocycles. The van der Waals surface area contributed by atoms with Crippen LogP contribution in [0.25, 0.3) is 0 Å². The summed E-state index contributed by atoms with van der Waals surface area (Å²) in [6, 6.07) is 9.57. The van der Waals surface area contributed by atoms with Crippen molar-refractivity contribution >= 4 is 23.2 Å². The van der Waals surface area contributed by atoms with Crippen LogP contribution in [0.15, 0.2) is 30.3 Å². The number of ether oxygens (including phenoxy) is 1. The summed E-state index contributed by atoms with van der Waals surface area (Å²) in [6.45, 7) is 4.42. The van der Waals surface area contributed by atoms with Crippen LogP contribution in [-0.4, -0.2) is 4.98 Å². The van der Waals surface area contributed by atoms with E-state index < -0.39 is 0 Å². The van der Waals surface area contributed by atoms with Gasteiger partial charge in [-0.1, -0.05) is 23.7 Å². The van der Waals surface area contributed by atoms with E-state index in [-0.39, 0.29) is 0 Å². The topological polar surface area (TPSA) is 22.1 Å². The molecule has 0 fully saturated rings. The lowest BCUT2D eigenvalue weighted by molar-refractivity contribution is 0.290. The van der Waals surface area contributed by atoms with Crippen LogP contribution in [0.3, 0.4) is 0 Å². The second-order valence-corrected chi connectivity index (χ2v) is 5.12. The number of benzene rings is 1. The molecule has 0 amide bonds. The van der Waals surface area contributed by atoms with E-state index in [1.54, 1.807) is 0 Å². The van der Waals surface area contributed by atoms with Crippen molar-refractivity contribution in [3.05, 3.63) is 57.7 Å². The molecule has 0 atom stereocenters. The zero-order valence-corrected chi connectivity index (χ0v) is 12.4. The second-order valence-electron chi connectivity index (χ2n) is 4.41. The summed E-state index contributed by atoms with van der Waals surface area (Å²) in [4.78, 5) is 4.40. The SMILES string of the molecule is Cc1cc(C)c(CCl)c(OCc2ccc(Cl)cc2)n1. The van der Waals surface area contributed by atoms with Gasteiger partial charge >= 0.3 is 0 Å². The molecule has 0 spiro atoms. The molecule has 0 unspecified atom stereocenters. The molecule has 0 N–H and O–H groups in total. The summed E-state index contributed by atoms with van der Waals surface area (Å²) < 4.78 is 5.78. The molecule has 0 saturated heterocycles. The zero-order chi connectivity index (χ0) is 13.8. The fourth-order valence-corrected chi connectivity index (χ4v) is 2.29. The minimum atomic E-state index is 0.398. The molecule has 100 valence electrons. The van der Waals surface area contributed by atoms with Crippen molar-refractivity contribution in [2.45, 2.75) is 26.3 Å². The highest BCUT2D eigenvalue weighted by Crippen LogP contribution is 2.23. The third-order valence-corrected chi connectivity index (χ3v) is 3.38. The van der Waals surface area contributed by atoms with Gasteiger partial charge in [-0.15, -0.1) is 11.6 Å². The van der Waals surface area contributed by atoms with Crippen molar-refractivity contribution in [1.82, 2.24) is 4.98 Å². The Balaban J connectivity index is 2.17. The van der Waals surface area contributed by atoms with Gasteiger partial charge in [0, 0.05) is 16.3 Å². The molecule has 2 nitrogen and oxygen atoms in total. The van der Waals surface area contributed by atoms with E-state index in [0.29, 0.717) is 18.4 Å². The molecule has 0 aliphatic rings. The van der Waals surface area contributed by atoms with Crippen LogP contribution in [0.1, 0.15) is 22.4 Å². The van der Waals surface area contributed by atoms with Crippen LogP contribution in [-0.2, 0) is 12.5 Å². The molecular formula is C15H15Cl2NO. The molecule has 0 bridgehead atoms. The summed E-state index contributed by atoms with van der Waals surface area (Å²) in [7, 11) is 0. The lowest BCUT2D eigenvalue weighted by Crippen LogP contribution is -2.02. The fraction of sp³-hybridized carbons (Fsp3) is 0.267. The van der Waals surface area contributed by atoms with Gasteiger partial charge in [-0.05, 0) is 43.2 Å². The summed E-state index contributed by atoms with van der Waals surface area (Å²) >= 11 is 11.8. The van der Waals surface area contributed by atoms with Gasteiger partial charge in [0.1, 0.15) is 6.61 Å². The third-order valence-electron chi connectivity index (χ3n) is 2.86. The van der Waals surface area contributed by atoms with Crippen molar-refractivity contribution in [3.8, 4) is 5.88 Å². The maximum Gasteiger partial charge on any atom is 0.218 e. The maximum atomic E-state index is 5.95. The first-order valence-corrected chi connectivity index (χ1v) is 6.91. The third kappa shape index (κ3) is 3.62. The maximum absolute atomic E-state index is 5.95. The Hall–Kier alpha value is -1.25. The number of rotatable bonds is 4. The first-order chi connectivity index (χ1) is 9.10. The largest absolute Gasteiger partial charge is 0.473 e. The van der Waals surface area contributed by atoms with Gasteiger partial charge in [0.2, 0.25) is 5.88 Å². The Kier molecular flexibility index (Phi) is 4.67. The molecule has 0 saturated carbocycles. The number of halogens is 2. The molecule has 19 heavy (non-hydrogen) atoms. The van der Waals surface area contributed by atoms with Gasteiger partial charge < -0.3 is 4.74 Å². The molecule has 1 aromatic heterocycles. The van der Waals surface area contributed by atoms with E-state index >= 15 is 0 Å². The number of alkyl halides is 1. The lowest BCUT2D eigenvalue weighted by Gasteiger charge is -2.12. The predicted octanol–water partition coefficient (Wildman–Crippen LogP) is 4.67. The Morgan fingerprint density at radius 3 is 2.47 bits per heavy atom. The van der Waals surface area contributed by atoms with Gasteiger partial charge in [-0.25, -0.2) is 4.98 Å². The number of pyridine rings is 1. The molecule has 0 aliphatic carbocycles. The molecule has 0 radical (unpaired) electrons. The summed E-state index contributed by atoms with van der Waals surface area (Å²) in [6.07, 6.45) is 0. The summed E-state index contributed by atoms with van der Waals surface area (Å²) in [5.74, 6) is 1.01. The van der Waals surface area contributed by atoms with Crippen molar-refractivity contribution < 1.29 is 4.74 Å². The monoisotopic (exact) mass is 295 g/mol. The number of aryl methyl sites for hydroxylation is 2. The summed E-state index contributed by atoms with van der Waals surface area (Å²) in [5, 5.41) is 0.717. The average Bonchev–Trinajstić information content (AvgIpc) is 2.37. The normalized spacial score (nSPS) is 10.5.